The third-order valence-electron chi connectivity index (χ3n) is 4.01. The van der Waals surface area contributed by atoms with Gasteiger partial charge in [-0.05, 0) is 29.9 Å². The summed E-state index contributed by atoms with van der Waals surface area (Å²) in [4.78, 5) is 11.8. The van der Waals surface area contributed by atoms with Gasteiger partial charge in [-0.2, -0.15) is 4.37 Å². The second kappa shape index (κ2) is 4.35. The lowest BCUT2D eigenvalue weighted by atomic mass is 9.69. The molecule has 0 amide bonds. The van der Waals surface area contributed by atoms with Crippen LogP contribution < -0.4 is 0 Å². The first-order valence-electron chi connectivity index (χ1n) is 6.31. The molecule has 0 radical (unpaired) electrons. The molecule has 2 aromatic rings. The van der Waals surface area contributed by atoms with E-state index in [9.17, 15) is 9.90 Å². The standard InChI is InChI=1S/C14H15NO2S/c16-13(17)14(7-2-1-3-8-14)11-6-4-5-10-9-15-18-12(10)11/h4-6,9H,1-3,7-8H2,(H,16,17). The van der Waals surface area contributed by atoms with Crippen molar-refractivity contribution < 1.29 is 9.90 Å². The zero-order valence-corrected chi connectivity index (χ0v) is 10.9. The molecule has 1 aliphatic carbocycles. The first-order valence-corrected chi connectivity index (χ1v) is 7.09. The fourth-order valence-corrected chi connectivity index (χ4v) is 3.88. The molecule has 3 nitrogen and oxygen atoms in total. The summed E-state index contributed by atoms with van der Waals surface area (Å²) in [6, 6.07) is 5.92. The van der Waals surface area contributed by atoms with Gasteiger partial charge in [0.1, 0.15) is 0 Å². The highest BCUT2D eigenvalue weighted by molar-refractivity contribution is 7.13. The van der Waals surface area contributed by atoms with E-state index in [0.717, 1.165) is 47.8 Å². The zero-order chi connectivity index (χ0) is 12.6. The van der Waals surface area contributed by atoms with Gasteiger partial charge >= 0.3 is 5.97 Å². The molecule has 1 heterocycles. The van der Waals surface area contributed by atoms with E-state index in [1.54, 1.807) is 0 Å². The van der Waals surface area contributed by atoms with Crippen LogP contribution in [0.2, 0.25) is 0 Å². The van der Waals surface area contributed by atoms with Gasteiger partial charge in [-0.15, -0.1) is 0 Å². The number of aromatic nitrogens is 1. The fourth-order valence-electron chi connectivity index (χ4n) is 3.02. The maximum absolute atomic E-state index is 11.8. The number of aliphatic carboxylic acids is 1. The predicted octanol–water partition coefficient (Wildman–Crippen LogP) is 3.58. The molecule has 18 heavy (non-hydrogen) atoms. The van der Waals surface area contributed by atoms with Gasteiger partial charge in [-0.3, -0.25) is 4.79 Å². The van der Waals surface area contributed by atoms with Gasteiger partial charge in [0.15, 0.2) is 0 Å². The molecule has 0 bridgehead atoms. The number of hydrogen-bond acceptors (Lipinski definition) is 3. The number of fused-ring (bicyclic) bond motifs is 1. The van der Waals surface area contributed by atoms with Gasteiger partial charge in [0, 0.05) is 11.6 Å². The average molecular weight is 261 g/mol. The van der Waals surface area contributed by atoms with Gasteiger partial charge < -0.3 is 5.11 Å². The Hall–Kier alpha value is -1.42. The maximum atomic E-state index is 11.8. The fraction of sp³-hybridized carbons (Fsp3) is 0.429. The van der Waals surface area contributed by atoms with Crippen LogP contribution in [0.25, 0.3) is 10.1 Å². The third-order valence-corrected chi connectivity index (χ3v) is 4.86. The normalized spacial score (nSPS) is 18.9. The molecule has 0 saturated heterocycles. The number of rotatable bonds is 2. The Morgan fingerprint density at radius 2 is 2.06 bits per heavy atom. The maximum Gasteiger partial charge on any atom is 0.314 e. The topological polar surface area (TPSA) is 50.2 Å². The number of nitrogens with zero attached hydrogens (tertiary/aromatic N) is 1. The van der Waals surface area contributed by atoms with Crippen LogP contribution in [0.5, 0.6) is 0 Å². The van der Waals surface area contributed by atoms with Crippen LogP contribution in [0.1, 0.15) is 37.7 Å². The summed E-state index contributed by atoms with van der Waals surface area (Å²) in [7, 11) is 0. The Morgan fingerprint density at radius 3 is 2.78 bits per heavy atom. The molecule has 0 unspecified atom stereocenters. The number of carboxylic acid groups (broad SMARTS) is 1. The summed E-state index contributed by atoms with van der Waals surface area (Å²) in [6.45, 7) is 0. The lowest BCUT2D eigenvalue weighted by molar-refractivity contribution is -0.145. The van der Waals surface area contributed by atoms with Gasteiger partial charge in [0.05, 0.1) is 10.1 Å². The minimum absolute atomic E-state index is 0.678. The second-order valence-electron chi connectivity index (χ2n) is 5.00. The summed E-state index contributed by atoms with van der Waals surface area (Å²) in [5.41, 5.74) is 0.277. The summed E-state index contributed by atoms with van der Waals surface area (Å²) in [5.74, 6) is -0.678. The molecule has 94 valence electrons. The molecule has 1 aromatic carbocycles. The molecule has 1 N–H and O–H groups in total. The Bertz CT molecular complexity index is 584. The van der Waals surface area contributed by atoms with Crippen molar-refractivity contribution in [3.05, 3.63) is 30.0 Å². The molecule has 3 rings (SSSR count). The van der Waals surface area contributed by atoms with E-state index < -0.39 is 11.4 Å². The van der Waals surface area contributed by atoms with Crippen LogP contribution in [0.3, 0.4) is 0 Å². The van der Waals surface area contributed by atoms with Gasteiger partial charge in [0.25, 0.3) is 0 Å². The Morgan fingerprint density at radius 1 is 1.28 bits per heavy atom. The van der Waals surface area contributed by atoms with Crippen LogP contribution in [-0.4, -0.2) is 15.4 Å². The van der Waals surface area contributed by atoms with Crippen molar-refractivity contribution in [3.63, 3.8) is 0 Å². The quantitative estimate of drug-likeness (QED) is 0.898. The van der Waals surface area contributed by atoms with Crippen LogP contribution in [0, 0.1) is 0 Å². The van der Waals surface area contributed by atoms with E-state index in [2.05, 4.69) is 4.37 Å². The highest BCUT2D eigenvalue weighted by Crippen LogP contribution is 2.43. The van der Waals surface area contributed by atoms with Crippen LogP contribution in [0.15, 0.2) is 24.4 Å². The zero-order valence-electron chi connectivity index (χ0n) is 10.1. The van der Waals surface area contributed by atoms with Crippen LogP contribution in [0.4, 0.5) is 0 Å². The summed E-state index contributed by atoms with van der Waals surface area (Å²) < 4.78 is 5.24. The Kier molecular flexibility index (Phi) is 2.82. The molecule has 0 atom stereocenters. The van der Waals surface area contributed by atoms with Crippen LogP contribution in [-0.2, 0) is 10.2 Å². The predicted molar refractivity (Wildman–Crippen MR) is 72.0 cm³/mol. The highest BCUT2D eigenvalue weighted by Gasteiger charge is 2.42. The Balaban J connectivity index is 2.20. The SMILES string of the molecule is O=C(O)C1(c2cccc3cnsc23)CCCCC1. The monoisotopic (exact) mass is 261 g/mol. The number of carbonyl (C=O) groups is 1. The molecule has 1 saturated carbocycles. The minimum atomic E-state index is -0.690. The smallest absolute Gasteiger partial charge is 0.314 e. The largest absolute Gasteiger partial charge is 0.481 e. The first kappa shape index (κ1) is 11.7. The highest BCUT2D eigenvalue weighted by atomic mass is 32.1. The lowest BCUT2D eigenvalue weighted by Gasteiger charge is -2.33. The van der Waals surface area contributed by atoms with E-state index in [1.165, 1.54) is 11.5 Å². The minimum Gasteiger partial charge on any atom is -0.481 e. The van der Waals surface area contributed by atoms with E-state index in [-0.39, 0.29) is 0 Å². The molecular weight excluding hydrogens is 246 g/mol. The first-order chi connectivity index (χ1) is 8.74. The molecular formula is C14H15NO2S. The molecule has 1 aromatic heterocycles. The van der Waals surface area contributed by atoms with E-state index in [1.807, 2.05) is 24.4 Å². The lowest BCUT2D eigenvalue weighted by Crippen LogP contribution is -2.37. The van der Waals surface area contributed by atoms with Crippen LogP contribution >= 0.6 is 11.5 Å². The van der Waals surface area contributed by atoms with Crippen molar-refractivity contribution in [1.82, 2.24) is 4.37 Å². The molecule has 1 aliphatic rings. The van der Waals surface area contributed by atoms with Gasteiger partial charge in [-0.25, -0.2) is 0 Å². The van der Waals surface area contributed by atoms with Crippen molar-refractivity contribution in [3.8, 4) is 0 Å². The number of benzene rings is 1. The Labute approximate surface area is 110 Å². The number of hydrogen-bond donors (Lipinski definition) is 1. The third kappa shape index (κ3) is 1.63. The van der Waals surface area contributed by atoms with Crippen molar-refractivity contribution in [2.45, 2.75) is 37.5 Å². The number of carboxylic acids is 1. The van der Waals surface area contributed by atoms with Gasteiger partial charge in [0.2, 0.25) is 0 Å². The van der Waals surface area contributed by atoms with Crippen molar-refractivity contribution >= 4 is 27.6 Å². The molecule has 0 aliphatic heterocycles. The van der Waals surface area contributed by atoms with Crippen molar-refractivity contribution in [1.29, 1.82) is 0 Å². The summed E-state index contributed by atoms with van der Waals surface area (Å²) >= 11 is 1.41. The van der Waals surface area contributed by atoms with Crippen molar-refractivity contribution in [2.75, 3.05) is 0 Å². The molecule has 0 spiro atoms. The second-order valence-corrected chi connectivity index (χ2v) is 5.80. The average Bonchev–Trinajstić information content (AvgIpc) is 2.87. The molecule has 4 heteroatoms. The molecule has 1 fully saturated rings. The summed E-state index contributed by atoms with van der Waals surface area (Å²) in [5, 5.41) is 10.8. The van der Waals surface area contributed by atoms with Crippen molar-refractivity contribution in [2.24, 2.45) is 0 Å². The van der Waals surface area contributed by atoms with E-state index >= 15 is 0 Å². The van der Waals surface area contributed by atoms with E-state index in [0.29, 0.717) is 0 Å². The summed E-state index contributed by atoms with van der Waals surface area (Å²) in [6.07, 6.45) is 6.47. The van der Waals surface area contributed by atoms with E-state index in [4.69, 9.17) is 0 Å². The van der Waals surface area contributed by atoms with Gasteiger partial charge in [-0.1, -0.05) is 37.5 Å².